The highest BCUT2D eigenvalue weighted by Crippen LogP contribution is 2.51. The topological polar surface area (TPSA) is 67.8 Å². The Morgan fingerprint density at radius 1 is 1.11 bits per heavy atom. The second-order valence-electron chi connectivity index (χ2n) is 9.06. The minimum absolute atomic E-state index is 0.0490. The molecule has 10 heteroatoms. The Balaban J connectivity index is 1.57. The summed E-state index contributed by atoms with van der Waals surface area (Å²) in [5, 5.41) is 6.64. The zero-order valence-electron chi connectivity index (χ0n) is 19.1. The Morgan fingerprint density at radius 3 is 2.31 bits per heavy atom. The molecular formula is C25H23Cl2F3N2O3. The number of nitrogens with one attached hydrogen (secondary N) is 1. The van der Waals surface area contributed by atoms with E-state index in [1.807, 2.05) is 6.92 Å². The number of carbonyl (C=O) groups excluding carboxylic acids is 2. The Hall–Kier alpha value is -2.58. The summed E-state index contributed by atoms with van der Waals surface area (Å²) in [6, 6.07) is 8.38. The Labute approximate surface area is 210 Å². The van der Waals surface area contributed by atoms with E-state index in [-0.39, 0.29) is 39.4 Å². The van der Waals surface area contributed by atoms with E-state index < -0.39 is 23.6 Å². The Morgan fingerprint density at radius 2 is 1.77 bits per heavy atom. The van der Waals surface area contributed by atoms with E-state index in [1.165, 1.54) is 6.07 Å². The lowest BCUT2D eigenvalue weighted by atomic mass is 9.85. The van der Waals surface area contributed by atoms with Gasteiger partial charge in [-0.1, -0.05) is 40.5 Å². The van der Waals surface area contributed by atoms with Crippen molar-refractivity contribution in [3.63, 3.8) is 0 Å². The first-order chi connectivity index (χ1) is 16.4. The maximum absolute atomic E-state index is 14.2. The van der Waals surface area contributed by atoms with Crippen molar-refractivity contribution in [1.82, 2.24) is 5.32 Å². The maximum atomic E-state index is 14.2. The number of halogens is 5. The number of hydrogen-bond acceptors (Lipinski definition) is 4. The molecule has 1 fully saturated rings. The van der Waals surface area contributed by atoms with Crippen LogP contribution < -0.4 is 5.32 Å². The molecule has 1 atom stereocenters. The van der Waals surface area contributed by atoms with E-state index in [2.05, 4.69) is 10.5 Å². The number of hydrogen-bond donors (Lipinski definition) is 1. The second kappa shape index (κ2) is 9.13. The summed E-state index contributed by atoms with van der Waals surface area (Å²) in [5.41, 5.74) is -2.14. The van der Waals surface area contributed by atoms with Crippen LogP contribution in [0.25, 0.3) is 0 Å². The molecule has 0 bridgehead atoms. The largest absolute Gasteiger partial charge is 0.435 e. The van der Waals surface area contributed by atoms with Gasteiger partial charge in [-0.2, -0.15) is 13.2 Å². The lowest BCUT2D eigenvalue weighted by Gasteiger charge is -2.29. The molecule has 1 saturated carbocycles. The van der Waals surface area contributed by atoms with Gasteiger partial charge in [0.15, 0.2) is 5.78 Å². The third kappa shape index (κ3) is 4.78. The van der Waals surface area contributed by atoms with Crippen LogP contribution in [0, 0.1) is 12.3 Å². The molecule has 5 nitrogen and oxygen atoms in total. The van der Waals surface area contributed by atoms with E-state index in [0.29, 0.717) is 36.1 Å². The molecule has 0 radical (unpaired) electrons. The first-order valence-corrected chi connectivity index (χ1v) is 11.9. The highest BCUT2D eigenvalue weighted by Gasteiger charge is 2.62. The van der Waals surface area contributed by atoms with Crippen molar-refractivity contribution in [2.45, 2.75) is 51.3 Å². The molecule has 2 aromatic rings. The number of carbonyl (C=O) groups is 2. The normalized spacial score (nSPS) is 20.7. The predicted octanol–water partition coefficient (Wildman–Crippen LogP) is 6.37. The van der Waals surface area contributed by atoms with Crippen LogP contribution in [0.1, 0.15) is 59.7 Å². The maximum Gasteiger partial charge on any atom is 0.435 e. The first-order valence-electron chi connectivity index (χ1n) is 11.1. The van der Waals surface area contributed by atoms with Crippen LogP contribution in [-0.2, 0) is 15.2 Å². The number of oxime groups is 1. The second-order valence-corrected chi connectivity index (χ2v) is 9.93. The first kappa shape index (κ1) is 25.5. The average molecular weight is 527 g/mol. The summed E-state index contributed by atoms with van der Waals surface area (Å²) in [6.07, 6.45) is -3.98. The highest BCUT2D eigenvalue weighted by atomic mass is 35.5. The van der Waals surface area contributed by atoms with Crippen LogP contribution in [0.4, 0.5) is 13.2 Å². The molecule has 186 valence electrons. The molecule has 1 heterocycles. The summed E-state index contributed by atoms with van der Waals surface area (Å²) in [4.78, 5) is 30.3. The zero-order chi connectivity index (χ0) is 25.6. The van der Waals surface area contributed by atoms with Gasteiger partial charge in [-0.15, -0.1) is 0 Å². The lowest BCUT2D eigenvalue weighted by molar-refractivity contribution is -0.275. The summed E-state index contributed by atoms with van der Waals surface area (Å²) >= 11 is 11.9. The van der Waals surface area contributed by atoms with Crippen LogP contribution in [0.5, 0.6) is 0 Å². The molecule has 1 unspecified atom stereocenters. The smallest absolute Gasteiger partial charge is 0.374 e. The number of amides is 1. The van der Waals surface area contributed by atoms with E-state index in [1.54, 1.807) is 25.1 Å². The van der Waals surface area contributed by atoms with Gasteiger partial charge in [0.2, 0.25) is 5.91 Å². The molecule has 0 spiro atoms. The van der Waals surface area contributed by atoms with Crippen LogP contribution >= 0.6 is 23.2 Å². The fourth-order valence-electron chi connectivity index (χ4n) is 4.39. The summed E-state index contributed by atoms with van der Waals surface area (Å²) < 4.78 is 42.7. The quantitative estimate of drug-likeness (QED) is 0.426. The van der Waals surface area contributed by atoms with E-state index in [9.17, 15) is 22.8 Å². The monoisotopic (exact) mass is 526 g/mol. The SMILES string of the molecule is CCNC(=O)C1(CC(=O)c2ccc(C3=NOC(c4cc(Cl)cc(Cl)c4)(C(F)(F)F)C3)cc2C)CC1. The van der Waals surface area contributed by atoms with Crippen molar-refractivity contribution in [2.75, 3.05) is 6.54 Å². The number of Topliss-reactive ketones (excluding diaryl/α,β-unsaturated/α-hetero) is 1. The molecule has 0 aromatic heterocycles. The van der Waals surface area contributed by atoms with Gasteiger partial charge in [-0.25, -0.2) is 0 Å². The molecule has 2 aromatic carbocycles. The van der Waals surface area contributed by atoms with Crippen molar-refractivity contribution >= 4 is 40.6 Å². The van der Waals surface area contributed by atoms with E-state index in [0.717, 1.165) is 12.1 Å². The summed E-state index contributed by atoms with van der Waals surface area (Å²) in [7, 11) is 0. The van der Waals surface area contributed by atoms with Crippen LogP contribution in [0.15, 0.2) is 41.6 Å². The summed E-state index contributed by atoms with van der Waals surface area (Å²) in [5.74, 6) is -0.301. The van der Waals surface area contributed by atoms with E-state index in [4.69, 9.17) is 28.0 Å². The van der Waals surface area contributed by atoms with Crippen LogP contribution in [-0.4, -0.2) is 30.1 Å². The molecule has 1 aliphatic heterocycles. The van der Waals surface area contributed by atoms with Crippen molar-refractivity contribution in [3.05, 3.63) is 68.7 Å². The molecule has 1 aliphatic carbocycles. The van der Waals surface area contributed by atoms with Crippen molar-refractivity contribution in [1.29, 1.82) is 0 Å². The molecule has 1 amide bonds. The minimum Gasteiger partial charge on any atom is -0.374 e. The number of benzene rings is 2. The number of aryl methyl sites for hydroxylation is 1. The van der Waals surface area contributed by atoms with Gasteiger partial charge in [-0.05, 0) is 62.1 Å². The Kier molecular flexibility index (Phi) is 6.66. The third-order valence-corrected chi connectivity index (χ3v) is 6.98. The average Bonchev–Trinajstić information content (AvgIpc) is 3.39. The molecule has 0 saturated heterocycles. The standard InChI is InChI=1S/C25H23Cl2F3N2O3/c1-3-31-22(34)23(6-7-23)13-21(33)19-5-4-15(8-14(19)2)20-12-24(35-32-20,25(28,29)30)16-9-17(26)11-18(27)10-16/h4-5,8-11H,3,6-7,12-13H2,1-2H3,(H,31,34). The van der Waals surface area contributed by atoms with Gasteiger partial charge in [0.1, 0.15) is 0 Å². The number of ketones is 1. The number of alkyl halides is 3. The minimum atomic E-state index is -4.80. The molecule has 35 heavy (non-hydrogen) atoms. The van der Waals surface area contributed by atoms with Gasteiger partial charge in [-0.3, -0.25) is 9.59 Å². The zero-order valence-corrected chi connectivity index (χ0v) is 20.6. The lowest BCUT2D eigenvalue weighted by Crippen LogP contribution is -2.42. The number of nitrogens with zero attached hydrogens (tertiary/aromatic N) is 1. The Bertz CT molecular complexity index is 1200. The molecule has 2 aliphatic rings. The molecule has 1 N–H and O–H groups in total. The van der Waals surface area contributed by atoms with Gasteiger partial charge in [0.25, 0.3) is 5.60 Å². The van der Waals surface area contributed by atoms with E-state index >= 15 is 0 Å². The fourth-order valence-corrected chi connectivity index (χ4v) is 4.91. The van der Waals surface area contributed by atoms with Crippen molar-refractivity contribution in [3.8, 4) is 0 Å². The van der Waals surface area contributed by atoms with Gasteiger partial charge in [0.05, 0.1) is 11.1 Å². The molecule has 4 rings (SSSR count). The van der Waals surface area contributed by atoms with Crippen molar-refractivity contribution < 1.29 is 27.6 Å². The summed E-state index contributed by atoms with van der Waals surface area (Å²) in [6.45, 7) is 4.02. The number of rotatable bonds is 7. The van der Waals surface area contributed by atoms with Gasteiger partial charge in [0, 0.05) is 40.6 Å². The van der Waals surface area contributed by atoms with Gasteiger partial charge < -0.3 is 10.2 Å². The van der Waals surface area contributed by atoms with Crippen LogP contribution in [0.2, 0.25) is 10.0 Å². The van der Waals surface area contributed by atoms with Crippen molar-refractivity contribution in [2.24, 2.45) is 10.6 Å². The van der Waals surface area contributed by atoms with Gasteiger partial charge >= 0.3 is 6.18 Å². The predicted molar refractivity (Wildman–Crippen MR) is 127 cm³/mol. The van der Waals surface area contributed by atoms with Crippen LogP contribution in [0.3, 0.4) is 0 Å². The third-order valence-electron chi connectivity index (χ3n) is 6.55. The fraction of sp³-hybridized carbons (Fsp3) is 0.400. The molecular weight excluding hydrogens is 504 g/mol. The highest BCUT2D eigenvalue weighted by molar-refractivity contribution is 6.34.